The van der Waals surface area contributed by atoms with Gasteiger partial charge in [0.1, 0.15) is 12.7 Å². The lowest BCUT2D eigenvalue weighted by Crippen LogP contribution is -2.39. The molecule has 3 heterocycles. The number of ether oxygens (including phenoxy) is 4. The van der Waals surface area contributed by atoms with E-state index in [1.165, 1.54) is 19.3 Å². The fraction of sp³-hybridized carbons (Fsp3) is 0.818. The second-order valence-electron chi connectivity index (χ2n) is 12.9. The molecular weight excluding hydrogens is 460 g/mol. The molecule has 0 saturated carbocycles. The lowest BCUT2D eigenvalue weighted by Gasteiger charge is -2.34. The van der Waals surface area contributed by atoms with Crippen LogP contribution in [0.15, 0.2) is 24.3 Å². The molecule has 0 radical (unpaired) electrons. The van der Waals surface area contributed by atoms with Crippen molar-refractivity contribution in [2.45, 2.75) is 117 Å². The largest absolute Gasteiger partial charge is 0.486 e. The first-order valence-corrected chi connectivity index (χ1v) is 12.8. The van der Waals surface area contributed by atoms with Crippen molar-refractivity contribution in [1.29, 1.82) is 0 Å². The lowest BCUT2D eigenvalue weighted by atomic mass is 9.78. The van der Waals surface area contributed by atoms with Gasteiger partial charge in [-0.2, -0.15) is 0 Å². The van der Waals surface area contributed by atoms with Crippen molar-refractivity contribution in [2.75, 3.05) is 33.0 Å². The summed E-state index contributed by atoms with van der Waals surface area (Å²) in [5.41, 5.74) is 1.02. The number of hydrogen-bond donors (Lipinski definition) is 0. The summed E-state index contributed by atoms with van der Waals surface area (Å²) in [6.45, 7) is 24.8. The first-order valence-electron chi connectivity index (χ1n) is 12.8. The van der Waals surface area contributed by atoms with Crippen LogP contribution in [0.1, 0.15) is 111 Å². The standard InChI is InChI=1S/C12H16O2.C9H18O.C8H16O.4CH4/c1-12(2,3)11-8-13-9-6-4-5-7-10(9)14-11;1-9(2,3)8-5-4-6-10-7-8;1-8(2,3)7-4-5-9-6-7;;;;/h4-7,11H,8H2,1-3H3;8H,4-7H2,1-3H3;7H,4-6H2,1-3H3;4*1H4. The zero-order valence-electron chi connectivity index (χ0n) is 22.8. The van der Waals surface area contributed by atoms with Crippen LogP contribution in [0.3, 0.4) is 0 Å². The Kier molecular flexibility index (Phi) is 18.9. The maximum absolute atomic E-state index is 5.87. The Morgan fingerprint density at radius 1 is 0.595 bits per heavy atom. The van der Waals surface area contributed by atoms with E-state index in [4.69, 9.17) is 18.9 Å². The average Bonchev–Trinajstić information content (AvgIpc) is 3.29. The summed E-state index contributed by atoms with van der Waals surface area (Å²) in [4.78, 5) is 0. The van der Waals surface area contributed by atoms with Gasteiger partial charge in [0, 0.05) is 31.8 Å². The van der Waals surface area contributed by atoms with Gasteiger partial charge in [0.15, 0.2) is 11.5 Å². The molecule has 0 N–H and O–H groups in total. The molecule has 3 aliphatic rings. The van der Waals surface area contributed by atoms with Crippen LogP contribution in [0.25, 0.3) is 0 Å². The van der Waals surface area contributed by atoms with Crippen LogP contribution in [0, 0.1) is 28.1 Å². The van der Waals surface area contributed by atoms with Crippen molar-refractivity contribution < 1.29 is 18.9 Å². The van der Waals surface area contributed by atoms with E-state index in [1.54, 1.807) is 0 Å². The van der Waals surface area contributed by atoms with Crippen molar-refractivity contribution in [3.8, 4) is 11.5 Å². The molecule has 0 bridgehead atoms. The normalized spacial score (nSPS) is 22.6. The smallest absolute Gasteiger partial charge is 0.161 e. The molecular formula is C33H66O4. The minimum Gasteiger partial charge on any atom is -0.486 e. The van der Waals surface area contributed by atoms with E-state index >= 15 is 0 Å². The van der Waals surface area contributed by atoms with Crippen LogP contribution in [0.5, 0.6) is 11.5 Å². The Balaban J connectivity index is -0.000000457. The molecule has 1 aromatic rings. The highest BCUT2D eigenvalue weighted by molar-refractivity contribution is 5.40. The van der Waals surface area contributed by atoms with Crippen LogP contribution >= 0.6 is 0 Å². The number of rotatable bonds is 0. The minimum atomic E-state index is 0. The predicted octanol–water partition coefficient (Wildman–Crippen LogP) is 9.94. The molecule has 3 unspecified atom stereocenters. The van der Waals surface area contributed by atoms with Gasteiger partial charge < -0.3 is 18.9 Å². The van der Waals surface area contributed by atoms with Crippen molar-refractivity contribution in [2.24, 2.45) is 28.1 Å². The summed E-state index contributed by atoms with van der Waals surface area (Å²) >= 11 is 0. The Morgan fingerprint density at radius 3 is 1.43 bits per heavy atom. The van der Waals surface area contributed by atoms with Gasteiger partial charge in [0.05, 0.1) is 0 Å². The van der Waals surface area contributed by atoms with E-state index in [-0.39, 0.29) is 41.2 Å². The van der Waals surface area contributed by atoms with Crippen molar-refractivity contribution >= 4 is 0 Å². The van der Waals surface area contributed by atoms with Gasteiger partial charge in [-0.1, -0.05) is 104 Å². The van der Waals surface area contributed by atoms with Gasteiger partial charge in [-0.25, -0.2) is 0 Å². The van der Waals surface area contributed by atoms with Crippen molar-refractivity contribution in [3.63, 3.8) is 0 Å². The van der Waals surface area contributed by atoms with Crippen LogP contribution < -0.4 is 9.47 Å². The molecule has 2 saturated heterocycles. The monoisotopic (exact) mass is 526 g/mol. The summed E-state index contributed by atoms with van der Waals surface area (Å²) < 4.78 is 22.2. The Morgan fingerprint density at radius 2 is 1.08 bits per heavy atom. The number of para-hydroxylation sites is 2. The third-order valence-corrected chi connectivity index (χ3v) is 7.01. The van der Waals surface area contributed by atoms with Crippen LogP contribution in [-0.2, 0) is 9.47 Å². The highest BCUT2D eigenvalue weighted by atomic mass is 16.6. The molecule has 1 aromatic carbocycles. The summed E-state index contributed by atoms with van der Waals surface area (Å²) in [7, 11) is 0. The van der Waals surface area contributed by atoms with Crippen LogP contribution in [0.2, 0.25) is 0 Å². The summed E-state index contributed by atoms with van der Waals surface area (Å²) in [5, 5.41) is 0. The molecule has 37 heavy (non-hydrogen) atoms. The molecule has 4 rings (SSSR count). The van der Waals surface area contributed by atoms with Gasteiger partial charge in [-0.05, 0) is 54.1 Å². The summed E-state index contributed by atoms with van der Waals surface area (Å²) in [6.07, 6.45) is 3.99. The minimum absolute atomic E-state index is 0. The molecule has 4 nitrogen and oxygen atoms in total. The number of hydrogen-bond acceptors (Lipinski definition) is 4. The van der Waals surface area contributed by atoms with E-state index in [0.29, 0.717) is 17.4 Å². The molecule has 0 spiro atoms. The second-order valence-corrected chi connectivity index (χ2v) is 12.9. The van der Waals surface area contributed by atoms with Gasteiger partial charge in [-0.3, -0.25) is 0 Å². The lowest BCUT2D eigenvalue weighted by molar-refractivity contribution is 0.0103. The fourth-order valence-electron chi connectivity index (χ4n) is 4.09. The Hall–Kier alpha value is -1.26. The van der Waals surface area contributed by atoms with Crippen LogP contribution in [0.4, 0.5) is 0 Å². The van der Waals surface area contributed by atoms with Crippen molar-refractivity contribution in [1.82, 2.24) is 0 Å². The summed E-state index contributed by atoms with van der Waals surface area (Å²) in [5.74, 6) is 3.28. The summed E-state index contributed by atoms with van der Waals surface area (Å²) in [6, 6.07) is 7.81. The molecule has 3 aliphatic heterocycles. The maximum atomic E-state index is 5.87. The van der Waals surface area contributed by atoms with Gasteiger partial charge in [-0.15, -0.1) is 0 Å². The number of fused-ring (bicyclic) bond motifs is 1. The van der Waals surface area contributed by atoms with E-state index in [2.05, 4.69) is 62.3 Å². The number of benzene rings is 1. The molecule has 4 heteroatoms. The first kappa shape index (κ1) is 40.2. The van der Waals surface area contributed by atoms with E-state index in [0.717, 1.165) is 49.8 Å². The van der Waals surface area contributed by atoms with E-state index in [1.807, 2.05) is 24.3 Å². The third-order valence-electron chi connectivity index (χ3n) is 7.01. The molecule has 2 fully saturated rings. The fourth-order valence-corrected chi connectivity index (χ4v) is 4.09. The highest BCUT2D eigenvalue weighted by Crippen LogP contribution is 2.36. The van der Waals surface area contributed by atoms with E-state index in [9.17, 15) is 0 Å². The predicted molar refractivity (Wildman–Crippen MR) is 164 cm³/mol. The second kappa shape index (κ2) is 17.4. The molecule has 0 aliphatic carbocycles. The molecule has 0 amide bonds. The maximum Gasteiger partial charge on any atom is 0.161 e. The molecule has 0 aromatic heterocycles. The Labute approximate surface area is 233 Å². The van der Waals surface area contributed by atoms with Gasteiger partial charge in [0.2, 0.25) is 0 Å². The quantitative estimate of drug-likeness (QED) is 0.337. The third kappa shape index (κ3) is 13.9. The zero-order chi connectivity index (χ0) is 24.7. The molecule has 3 atom stereocenters. The SMILES string of the molecule is C.C.C.C.CC(C)(C)C1CCCOC1.CC(C)(C)C1CCOC1.CC(C)(C)C1COc2ccccc2O1. The highest BCUT2D eigenvalue weighted by Gasteiger charge is 2.31. The van der Waals surface area contributed by atoms with Crippen LogP contribution in [-0.4, -0.2) is 39.1 Å². The molecule has 222 valence electrons. The van der Waals surface area contributed by atoms with Gasteiger partial charge in [0.25, 0.3) is 0 Å². The van der Waals surface area contributed by atoms with Crippen molar-refractivity contribution in [3.05, 3.63) is 24.3 Å². The van der Waals surface area contributed by atoms with Gasteiger partial charge >= 0.3 is 0 Å². The van der Waals surface area contributed by atoms with E-state index < -0.39 is 0 Å². The Bertz CT molecular complexity index is 682. The topological polar surface area (TPSA) is 36.9 Å². The zero-order valence-corrected chi connectivity index (χ0v) is 22.8. The first-order chi connectivity index (χ1) is 15.3. The average molecular weight is 527 g/mol.